The highest BCUT2D eigenvalue weighted by atomic mass is 79.9. The van der Waals surface area contributed by atoms with E-state index in [4.69, 9.17) is 4.74 Å². The average Bonchev–Trinajstić information content (AvgIpc) is 2.61. The second-order valence-electron chi connectivity index (χ2n) is 5.91. The zero-order valence-corrected chi connectivity index (χ0v) is 15.9. The summed E-state index contributed by atoms with van der Waals surface area (Å²) in [6.45, 7) is 3.24. The number of carbonyl (C=O) groups is 3. The van der Waals surface area contributed by atoms with Crippen LogP contribution in [0.15, 0.2) is 28.7 Å². The highest BCUT2D eigenvalue weighted by molar-refractivity contribution is 9.10. The van der Waals surface area contributed by atoms with E-state index in [2.05, 4.69) is 21.2 Å². The van der Waals surface area contributed by atoms with Gasteiger partial charge < -0.3 is 15.0 Å². The minimum absolute atomic E-state index is 0.0383. The molecule has 2 amide bonds. The molecule has 1 aliphatic rings. The van der Waals surface area contributed by atoms with Gasteiger partial charge in [-0.1, -0.05) is 12.1 Å². The number of rotatable bonds is 6. The predicted molar refractivity (Wildman–Crippen MR) is 97.1 cm³/mol. The maximum absolute atomic E-state index is 12.3. The molecule has 1 N–H and O–H groups in total. The van der Waals surface area contributed by atoms with Gasteiger partial charge in [0.15, 0.2) is 0 Å². The van der Waals surface area contributed by atoms with Crippen LogP contribution >= 0.6 is 15.9 Å². The zero-order chi connectivity index (χ0) is 18.2. The lowest BCUT2D eigenvalue weighted by Crippen LogP contribution is -2.46. The van der Waals surface area contributed by atoms with E-state index in [-0.39, 0.29) is 36.7 Å². The summed E-state index contributed by atoms with van der Waals surface area (Å²) in [5.41, 5.74) is 0.607. The first kappa shape index (κ1) is 19.4. The molecule has 0 radical (unpaired) electrons. The number of likely N-dealkylation sites (tertiary alicyclic amines) is 1. The number of piperidine rings is 1. The van der Waals surface area contributed by atoms with E-state index in [1.807, 2.05) is 18.2 Å². The molecule has 1 fully saturated rings. The first-order chi connectivity index (χ1) is 12.0. The number of amides is 2. The first-order valence-corrected chi connectivity index (χ1v) is 9.29. The summed E-state index contributed by atoms with van der Waals surface area (Å²) in [6, 6.07) is 7.34. The fraction of sp³-hybridized carbons (Fsp3) is 0.500. The number of nitrogens with zero attached hydrogens (tertiary/aromatic N) is 1. The molecular weight excluding hydrogens is 388 g/mol. The van der Waals surface area contributed by atoms with Crippen LogP contribution < -0.4 is 5.32 Å². The van der Waals surface area contributed by atoms with Gasteiger partial charge in [-0.05, 0) is 47.8 Å². The van der Waals surface area contributed by atoms with Gasteiger partial charge in [-0.25, -0.2) is 0 Å². The van der Waals surface area contributed by atoms with E-state index in [0.717, 1.165) is 4.47 Å². The van der Waals surface area contributed by atoms with Crippen molar-refractivity contribution in [1.29, 1.82) is 0 Å². The van der Waals surface area contributed by atoms with Gasteiger partial charge in [0.05, 0.1) is 18.6 Å². The maximum atomic E-state index is 12.3. The number of hydrogen-bond acceptors (Lipinski definition) is 4. The van der Waals surface area contributed by atoms with E-state index in [0.29, 0.717) is 38.1 Å². The summed E-state index contributed by atoms with van der Waals surface area (Å²) in [7, 11) is 0. The van der Waals surface area contributed by atoms with E-state index in [1.54, 1.807) is 17.9 Å². The smallest absolute Gasteiger partial charge is 0.306 e. The van der Waals surface area contributed by atoms with Crippen LogP contribution in [0.3, 0.4) is 0 Å². The van der Waals surface area contributed by atoms with Crippen LogP contribution in [0, 0.1) is 0 Å². The van der Waals surface area contributed by atoms with Gasteiger partial charge >= 0.3 is 5.97 Å². The lowest BCUT2D eigenvalue weighted by atomic mass is 10.0. The molecule has 1 aromatic rings. The molecule has 0 unspecified atom stereocenters. The number of esters is 1. The Balaban J connectivity index is 1.76. The number of nitrogens with one attached hydrogen (secondary N) is 1. The summed E-state index contributed by atoms with van der Waals surface area (Å²) in [5.74, 6) is -0.491. The monoisotopic (exact) mass is 410 g/mol. The molecule has 136 valence electrons. The number of carbonyl (C=O) groups excluding carboxylic acids is 3. The van der Waals surface area contributed by atoms with Crippen molar-refractivity contribution < 1.29 is 19.1 Å². The Morgan fingerprint density at radius 2 is 1.88 bits per heavy atom. The standard InChI is InChI=1S/C18H23BrN2O4/c1-2-25-17(23)8-7-16(22)21-11-9-13(10-12-21)20-18(24)14-5-3-4-6-15(14)19/h3-6,13H,2,7-12H2,1H3,(H,20,24). The molecule has 6 nitrogen and oxygen atoms in total. The molecule has 0 spiro atoms. The molecule has 7 heteroatoms. The van der Waals surface area contributed by atoms with Crippen LogP contribution in [0.1, 0.15) is 43.0 Å². The Bertz CT molecular complexity index is 627. The van der Waals surface area contributed by atoms with Gasteiger partial charge in [0.2, 0.25) is 5.91 Å². The lowest BCUT2D eigenvalue weighted by molar-refractivity contribution is -0.145. The van der Waals surface area contributed by atoms with Gasteiger partial charge in [-0.15, -0.1) is 0 Å². The van der Waals surface area contributed by atoms with Crippen LogP contribution in [-0.2, 0) is 14.3 Å². The third-order valence-corrected chi connectivity index (χ3v) is 4.84. The second-order valence-corrected chi connectivity index (χ2v) is 6.77. The Morgan fingerprint density at radius 1 is 1.20 bits per heavy atom. The Hall–Kier alpha value is -1.89. The average molecular weight is 411 g/mol. The van der Waals surface area contributed by atoms with Crippen molar-refractivity contribution in [2.75, 3.05) is 19.7 Å². The van der Waals surface area contributed by atoms with Crippen molar-refractivity contribution in [3.05, 3.63) is 34.3 Å². The van der Waals surface area contributed by atoms with Crippen LogP contribution in [0.2, 0.25) is 0 Å². The molecule has 0 saturated carbocycles. The molecule has 0 atom stereocenters. The Kier molecular flexibility index (Phi) is 7.43. The van der Waals surface area contributed by atoms with Crippen molar-refractivity contribution in [1.82, 2.24) is 10.2 Å². The fourth-order valence-electron chi connectivity index (χ4n) is 2.78. The van der Waals surface area contributed by atoms with Gasteiger partial charge in [0.1, 0.15) is 0 Å². The molecule has 1 heterocycles. The normalized spacial score (nSPS) is 14.9. The summed E-state index contributed by atoms with van der Waals surface area (Å²) >= 11 is 3.38. The minimum atomic E-state index is -0.341. The van der Waals surface area contributed by atoms with Gasteiger partial charge in [0, 0.05) is 30.0 Å². The molecule has 1 saturated heterocycles. The van der Waals surface area contributed by atoms with Crippen molar-refractivity contribution in [2.24, 2.45) is 0 Å². The second kappa shape index (κ2) is 9.56. The molecule has 2 rings (SSSR count). The largest absolute Gasteiger partial charge is 0.466 e. The molecule has 0 bridgehead atoms. The Morgan fingerprint density at radius 3 is 2.52 bits per heavy atom. The predicted octanol–water partition coefficient (Wildman–Crippen LogP) is 2.51. The van der Waals surface area contributed by atoms with E-state index in [9.17, 15) is 14.4 Å². The molecule has 25 heavy (non-hydrogen) atoms. The number of benzene rings is 1. The third-order valence-electron chi connectivity index (χ3n) is 4.15. The molecule has 0 aliphatic carbocycles. The van der Waals surface area contributed by atoms with E-state index < -0.39 is 0 Å². The van der Waals surface area contributed by atoms with Crippen LogP contribution in [0.4, 0.5) is 0 Å². The van der Waals surface area contributed by atoms with Crippen molar-refractivity contribution in [3.8, 4) is 0 Å². The quantitative estimate of drug-likeness (QED) is 0.730. The van der Waals surface area contributed by atoms with Crippen LogP contribution in [-0.4, -0.2) is 48.4 Å². The van der Waals surface area contributed by atoms with Crippen molar-refractivity contribution in [2.45, 2.75) is 38.6 Å². The topological polar surface area (TPSA) is 75.7 Å². The molecular formula is C18H23BrN2O4. The number of ether oxygens (including phenoxy) is 1. The van der Waals surface area contributed by atoms with E-state index >= 15 is 0 Å². The highest BCUT2D eigenvalue weighted by Crippen LogP contribution is 2.17. The molecule has 1 aliphatic heterocycles. The van der Waals surface area contributed by atoms with E-state index in [1.165, 1.54) is 0 Å². The highest BCUT2D eigenvalue weighted by Gasteiger charge is 2.24. The summed E-state index contributed by atoms with van der Waals surface area (Å²) in [6.07, 6.45) is 1.71. The van der Waals surface area contributed by atoms with Gasteiger partial charge in [-0.2, -0.15) is 0 Å². The first-order valence-electron chi connectivity index (χ1n) is 8.50. The summed E-state index contributed by atoms with van der Waals surface area (Å²) in [5, 5.41) is 3.02. The van der Waals surface area contributed by atoms with Crippen molar-refractivity contribution >= 4 is 33.7 Å². The summed E-state index contributed by atoms with van der Waals surface area (Å²) < 4.78 is 5.59. The van der Waals surface area contributed by atoms with Gasteiger partial charge in [-0.3, -0.25) is 14.4 Å². The lowest BCUT2D eigenvalue weighted by Gasteiger charge is -2.32. The molecule has 1 aromatic carbocycles. The minimum Gasteiger partial charge on any atom is -0.466 e. The van der Waals surface area contributed by atoms with Gasteiger partial charge in [0.25, 0.3) is 5.91 Å². The summed E-state index contributed by atoms with van der Waals surface area (Å²) in [4.78, 5) is 37.5. The van der Waals surface area contributed by atoms with Crippen LogP contribution in [0.5, 0.6) is 0 Å². The number of hydrogen-bond donors (Lipinski definition) is 1. The fourth-order valence-corrected chi connectivity index (χ4v) is 3.25. The molecule has 0 aromatic heterocycles. The van der Waals surface area contributed by atoms with Crippen molar-refractivity contribution in [3.63, 3.8) is 0 Å². The zero-order valence-electron chi connectivity index (χ0n) is 14.3. The third kappa shape index (κ3) is 5.85. The van der Waals surface area contributed by atoms with Crippen LogP contribution in [0.25, 0.3) is 0 Å². The SMILES string of the molecule is CCOC(=O)CCC(=O)N1CCC(NC(=O)c2ccccc2Br)CC1. The maximum Gasteiger partial charge on any atom is 0.306 e. The number of halogens is 1. The Labute approximate surface area is 156 Å².